The topological polar surface area (TPSA) is 76.2 Å². The van der Waals surface area contributed by atoms with E-state index in [0.717, 1.165) is 12.1 Å². The van der Waals surface area contributed by atoms with Gasteiger partial charge in [0, 0.05) is 38.7 Å². The Labute approximate surface area is 196 Å². The zero-order valence-corrected chi connectivity index (χ0v) is 19.4. The van der Waals surface area contributed by atoms with Gasteiger partial charge >= 0.3 is 6.18 Å². The third-order valence-corrected chi connectivity index (χ3v) is 7.93. The Morgan fingerprint density at radius 2 is 1.59 bits per heavy atom. The largest absolute Gasteiger partial charge is 0.486 e. The van der Waals surface area contributed by atoms with Gasteiger partial charge in [-0.15, -0.1) is 0 Å². The van der Waals surface area contributed by atoms with Gasteiger partial charge in [-0.05, 0) is 35.7 Å². The van der Waals surface area contributed by atoms with Crippen molar-refractivity contribution < 1.29 is 35.9 Å². The maximum Gasteiger partial charge on any atom is 0.416 e. The third kappa shape index (κ3) is 5.15. The average molecular weight is 499 g/mol. The van der Waals surface area contributed by atoms with Crippen LogP contribution in [0.25, 0.3) is 0 Å². The van der Waals surface area contributed by atoms with Gasteiger partial charge < -0.3 is 14.4 Å². The van der Waals surface area contributed by atoms with Crippen LogP contribution in [0.5, 0.6) is 11.5 Å². The maximum absolute atomic E-state index is 13.1. The van der Waals surface area contributed by atoms with Gasteiger partial charge in [-0.2, -0.15) is 17.5 Å². The highest BCUT2D eigenvalue weighted by Crippen LogP contribution is 2.34. The van der Waals surface area contributed by atoms with Crippen molar-refractivity contribution >= 4 is 15.9 Å². The smallest absolute Gasteiger partial charge is 0.416 e. The van der Waals surface area contributed by atoms with Gasteiger partial charge in [0.2, 0.25) is 15.9 Å². The number of carbonyl (C=O) groups excluding carboxylic acids is 1. The molecule has 2 aromatic carbocycles. The second-order valence-corrected chi connectivity index (χ2v) is 10.3. The molecule has 0 bridgehead atoms. The number of benzene rings is 2. The minimum absolute atomic E-state index is 0.104. The molecular weight excluding hydrogens is 473 g/mol. The van der Waals surface area contributed by atoms with Gasteiger partial charge in [0.25, 0.3) is 0 Å². The van der Waals surface area contributed by atoms with E-state index in [-0.39, 0.29) is 49.3 Å². The number of piperazine rings is 1. The van der Waals surface area contributed by atoms with Gasteiger partial charge in [0.1, 0.15) is 13.2 Å². The van der Waals surface area contributed by atoms with Crippen LogP contribution >= 0.6 is 0 Å². The lowest BCUT2D eigenvalue weighted by Crippen LogP contribution is -2.50. The summed E-state index contributed by atoms with van der Waals surface area (Å²) in [7, 11) is -3.76. The van der Waals surface area contributed by atoms with Crippen LogP contribution < -0.4 is 9.47 Å². The number of ether oxygens (including phenoxy) is 2. The van der Waals surface area contributed by atoms with E-state index in [1.54, 1.807) is 17.9 Å². The quantitative estimate of drug-likeness (QED) is 0.631. The van der Waals surface area contributed by atoms with E-state index in [2.05, 4.69) is 0 Å². The number of alkyl halides is 3. The fraction of sp³-hybridized carbons (Fsp3) is 0.435. The molecule has 1 amide bonds. The third-order valence-electron chi connectivity index (χ3n) is 6.03. The summed E-state index contributed by atoms with van der Waals surface area (Å²) >= 11 is 0. The van der Waals surface area contributed by atoms with Crippen molar-refractivity contribution in [2.75, 3.05) is 39.4 Å². The highest BCUT2D eigenvalue weighted by Gasteiger charge is 2.32. The number of rotatable bonds is 5. The van der Waals surface area contributed by atoms with Crippen molar-refractivity contribution in [2.45, 2.75) is 30.3 Å². The zero-order chi connectivity index (χ0) is 24.5. The molecule has 2 aliphatic rings. The van der Waals surface area contributed by atoms with Crippen LogP contribution in [-0.4, -0.2) is 62.9 Å². The Kier molecular flexibility index (Phi) is 6.77. The van der Waals surface area contributed by atoms with Crippen molar-refractivity contribution in [3.63, 3.8) is 0 Å². The van der Waals surface area contributed by atoms with Crippen LogP contribution in [0.2, 0.25) is 0 Å². The molecule has 34 heavy (non-hydrogen) atoms. The molecule has 0 saturated carbocycles. The van der Waals surface area contributed by atoms with E-state index >= 15 is 0 Å². The van der Waals surface area contributed by atoms with Gasteiger partial charge in [0.05, 0.1) is 10.5 Å². The van der Waals surface area contributed by atoms with E-state index < -0.39 is 21.8 Å². The molecule has 2 aliphatic heterocycles. The van der Waals surface area contributed by atoms with Crippen LogP contribution in [0.4, 0.5) is 13.2 Å². The molecule has 1 unspecified atom stereocenters. The minimum Gasteiger partial charge on any atom is -0.486 e. The highest BCUT2D eigenvalue weighted by molar-refractivity contribution is 7.89. The van der Waals surface area contributed by atoms with Gasteiger partial charge in [-0.25, -0.2) is 8.42 Å². The molecule has 0 radical (unpaired) electrons. The predicted molar refractivity (Wildman–Crippen MR) is 117 cm³/mol. The second kappa shape index (κ2) is 9.46. The number of carbonyl (C=O) groups is 1. The number of amides is 1. The molecule has 0 N–H and O–H groups in total. The first-order valence-corrected chi connectivity index (χ1v) is 12.3. The standard InChI is InChI=1S/C23H25F3N2O5S/c1-16(17-2-4-18(5-3-17)23(24,25)26)14-22(29)27-8-10-28(11-9-27)34(30,31)19-6-7-20-21(15-19)33-13-12-32-20/h2-7,15-16H,8-14H2,1H3. The molecule has 2 heterocycles. The SMILES string of the molecule is CC(CC(=O)N1CCN(S(=O)(=O)c2ccc3c(c2)OCCO3)CC1)c1ccc(C(F)(F)F)cc1. The molecule has 2 aromatic rings. The first-order chi connectivity index (χ1) is 16.1. The maximum atomic E-state index is 13.1. The summed E-state index contributed by atoms with van der Waals surface area (Å²) in [6.07, 6.45) is -4.28. The number of hydrogen-bond acceptors (Lipinski definition) is 5. The molecule has 0 aromatic heterocycles. The highest BCUT2D eigenvalue weighted by atomic mass is 32.2. The summed E-state index contributed by atoms with van der Waals surface area (Å²) in [5, 5.41) is 0. The van der Waals surface area contributed by atoms with Crippen LogP contribution in [0.3, 0.4) is 0 Å². The van der Waals surface area contributed by atoms with E-state index in [0.29, 0.717) is 30.3 Å². The van der Waals surface area contributed by atoms with Crippen LogP contribution in [0.15, 0.2) is 47.4 Å². The average Bonchev–Trinajstić information content (AvgIpc) is 2.83. The van der Waals surface area contributed by atoms with Crippen LogP contribution in [0.1, 0.15) is 30.4 Å². The summed E-state index contributed by atoms with van der Waals surface area (Å²) in [5.41, 5.74) is -0.0914. The van der Waals surface area contributed by atoms with Gasteiger partial charge in [-0.3, -0.25) is 4.79 Å². The Morgan fingerprint density at radius 3 is 2.21 bits per heavy atom. The lowest BCUT2D eigenvalue weighted by molar-refractivity contribution is -0.137. The zero-order valence-electron chi connectivity index (χ0n) is 18.5. The van der Waals surface area contributed by atoms with Crippen LogP contribution in [0, 0.1) is 0 Å². The molecule has 7 nitrogen and oxygen atoms in total. The minimum atomic E-state index is -4.41. The lowest BCUT2D eigenvalue weighted by atomic mass is 9.96. The molecule has 11 heteroatoms. The number of hydrogen-bond donors (Lipinski definition) is 0. The summed E-state index contributed by atoms with van der Waals surface area (Å²) in [6, 6.07) is 9.30. The van der Waals surface area contributed by atoms with E-state index in [1.165, 1.54) is 28.6 Å². The number of nitrogens with zero attached hydrogens (tertiary/aromatic N) is 2. The molecule has 1 atom stereocenters. The molecule has 184 valence electrons. The Bertz CT molecular complexity index is 1140. The van der Waals surface area contributed by atoms with Gasteiger partial charge in [-0.1, -0.05) is 19.1 Å². The lowest BCUT2D eigenvalue weighted by Gasteiger charge is -2.34. The molecule has 1 fully saturated rings. The summed E-state index contributed by atoms with van der Waals surface area (Å²) in [5.74, 6) is 0.458. The Morgan fingerprint density at radius 1 is 0.971 bits per heavy atom. The van der Waals surface area contributed by atoms with Crippen molar-refractivity contribution in [3.05, 3.63) is 53.6 Å². The van der Waals surface area contributed by atoms with Gasteiger partial charge in [0.15, 0.2) is 11.5 Å². The van der Waals surface area contributed by atoms with Crippen molar-refractivity contribution in [1.82, 2.24) is 9.21 Å². The molecule has 0 spiro atoms. The van der Waals surface area contributed by atoms with E-state index in [1.807, 2.05) is 0 Å². The first-order valence-electron chi connectivity index (χ1n) is 10.9. The van der Waals surface area contributed by atoms with E-state index in [9.17, 15) is 26.4 Å². The summed E-state index contributed by atoms with van der Waals surface area (Å²) in [4.78, 5) is 14.4. The van der Waals surface area contributed by atoms with E-state index in [4.69, 9.17) is 9.47 Å². The van der Waals surface area contributed by atoms with Crippen molar-refractivity contribution in [2.24, 2.45) is 0 Å². The monoisotopic (exact) mass is 498 g/mol. The fourth-order valence-corrected chi connectivity index (χ4v) is 5.46. The summed E-state index contributed by atoms with van der Waals surface area (Å²) < 4.78 is 76.6. The predicted octanol–water partition coefficient (Wildman–Crippen LogP) is 3.50. The Hall–Kier alpha value is -2.79. The molecule has 1 saturated heterocycles. The first kappa shape index (κ1) is 24.3. The number of halogens is 3. The van der Waals surface area contributed by atoms with Crippen molar-refractivity contribution in [1.29, 1.82) is 0 Å². The fourth-order valence-electron chi connectivity index (χ4n) is 4.02. The van der Waals surface area contributed by atoms with Crippen molar-refractivity contribution in [3.8, 4) is 11.5 Å². The number of sulfonamides is 1. The Balaban J connectivity index is 1.34. The second-order valence-electron chi connectivity index (χ2n) is 8.32. The van der Waals surface area contributed by atoms with Crippen LogP contribution in [-0.2, 0) is 21.0 Å². The normalized spacial score (nSPS) is 17.9. The molecule has 4 rings (SSSR count). The molecular formula is C23H25F3N2O5S. The number of fused-ring (bicyclic) bond motifs is 1. The molecule has 0 aliphatic carbocycles. The summed E-state index contributed by atoms with van der Waals surface area (Å²) in [6.45, 7) is 3.32.